The zero-order valence-corrected chi connectivity index (χ0v) is 16.8. The molecule has 0 radical (unpaired) electrons. The second-order valence-electron chi connectivity index (χ2n) is 7.10. The summed E-state index contributed by atoms with van der Waals surface area (Å²) in [5.41, 5.74) is 4.75. The van der Waals surface area contributed by atoms with Crippen molar-refractivity contribution in [2.24, 2.45) is 5.92 Å². The molecule has 0 unspecified atom stereocenters. The molecule has 0 spiro atoms. The third kappa shape index (κ3) is 5.21. The van der Waals surface area contributed by atoms with Gasteiger partial charge in [-0.05, 0) is 5.92 Å². The van der Waals surface area contributed by atoms with Gasteiger partial charge >= 0.3 is 0 Å². The number of anilines is 3. The van der Waals surface area contributed by atoms with Gasteiger partial charge in [0.2, 0.25) is 5.95 Å². The number of hydrazine groups is 1. The number of rotatable bonds is 8. The average Bonchev–Trinajstić information content (AvgIpc) is 2.76. The Balaban J connectivity index is 1.95. The van der Waals surface area contributed by atoms with Crippen LogP contribution in [-0.2, 0) is 0 Å². The van der Waals surface area contributed by atoms with Crippen LogP contribution in [0, 0.1) is 29.2 Å². The van der Waals surface area contributed by atoms with Crippen LogP contribution < -0.4 is 16.2 Å². The average molecular weight is 435 g/mol. The maximum absolute atomic E-state index is 13.9. The van der Waals surface area contributed by atoms with Crippen molar-refractivity contribution in [1.82, 2.24) is 9.97 Å². The van der Waals surface area contributed by atoms with E-state index in [4.69, 9.17) is 0 Å². The molecule has 2 aromatic carbocycles. The highest BCUT2D eigenvalue weighted by Crippen LogP contribution is 2.26. The first-order chi connectivity index (χ1) is 14.8. The Hall–Kier alpha value is -3.40. The number of aliphatic hydroxyl groups excluding tert-OH is 1. The minimum absolute atomic E-state index is 0.0574. The molecule has 164 valence electrons. The monoisotopic (exact) mass is 435 g/mol. The van der Waals surface area contributed by atoms with Crippen molar-refractivity contribution in [3.05, 3.63) is 65.7 Å². The molecule has 0 aliphatic rings. The lowest BCUT2D eigenvalue weighted by Gasteiger charge is -2.21. The van der Waals surface area contributed by atoms with E-state index >= 15 is 0 Å². The Morgan fingerprint density at radius 3 is 2.13 bits per heavy atom. The van der Waals surface area contributed by atoms with Gasteiger partial charge in [-0.2, -0.15) is 4.98 Å². The molecule has 3 aromatic rings. The summed E-state index contributed by atoms with van der Waals surface area (Å²) in [7, 11) is 0. The third-order valence-corrected chi connectivity index (χ3v) is 4.54. The predicted octanol–water partition coefficient (Wildman–Crippen LogP) is 4.57. The minimum Gasteiger partial charge on any atom is -0.394 e. The maximum Gasteiger partial charge on any atom is 0.225 e. The van der Waals surface area contributed by atoms with E-state index in [1.165, 1.54) is 6.07 Å². The van der Waals surface area contributed by atoms with E-state index in [2.05, 4.69) is 26.1 Å². The summed E-state index contributed by atoms with van der Waals surface area (Å²) >= 11 is 0. The molecule has 0 bridgehead atoms. The van der Waals surface area contributed by atoms with Crippen molar-refractivity contribution in [3.63, 3.8) is 0 Å². The number of aliphatic hydroxyl groups is 1. The molecule has 0 aliphatic heterocycles. The van der Waals surface area contributed by atoms with Gasteiger partial charge in [-0.15, -0.1) is 0 Å². The number of hydrogen-bond donors (Lipinski definition) is 4. The van der Waals surface area contributed by atoms with Crippen LogP contribution in [0.15, 0.2) is 42.5 Å². The molecule has 0 aliphatic carbocycles. The van der Waals surface area contributed by atoms with Gasteiger partial charge in [0.05, 0.1) is 18.3 Å². The Morgan fingerprint density at radius 1 is 0.903 bits per heavy atom. The minimum atomic E-state index is -1.58. The van der Waals surface area contributed by atoms with Gasteiger partial charge in [0.15, 0.2) is 29.1 Å². The van der Waals surface area contributed by atoms with Crippen molar-refractivity contribution < 1.29 is 22.7 Å². The van der Waals surface area contributed by atoms with Crippen molar-refractivity contribution in [1.29, 1.82) is 0 Å². The van der Waals surface area contributed by atoms with E-state index in [0.717, 1.165) is 5.56 Å². The van der Waals surface area contributed by atoms with E-state index in [0.29, 0.717) is 5.69 Å². The van der Waals surface area contributed by atoms with Crippen LogP contribution in [0.1, 0.15) is 13.8 Å². The van der Waals surface area contributed by atoms with Crippen molar-refractivity contribution in [2.45, 2.75) is 19.9 Å². The largest absolute Gasteiger partial charge is 0.394 e. The van der Waals surface area contributed by atoms with Crippen LogP contribution in [-0.4, -0.2) is 27.7 Å². The van der Waals surface area contributed by atoms with E-state index < -0.39 is 29.0 Å². The molecule has 3 rings (SSSR count). The smallest absolute Gasteiger partial charge is 0.225 e. The fourth-order valence-electron chi connectivity index (χ4n) is 2.73. The summed E-state index contributed by atoms with van der Waals surface area (Å²) in [4.78, 5) is 8.63. The molecular formula is C21H21F4N5O. The molecule has 0 amide bonds. The Kier molecular flexibility index (Phi) is 6.91. The van der Waals surface area contributed by atoms with E-state index in [1.807, 2.05) is 19.9 Å². The highest BCUT2D eigenvalue weighted by molar-refractivity contribution is 5.65. The molecule has 6 nitrogen and oxygen atoms in total. The summed E-state index contributed by atoms with van der Waals surface area (Å²) in [5.74, 6) is -5.97. The van der Waals surface area contributed by atoms with Crippen molar-refractivity contribution in [3.8, 4) is 11.3 Å². The molecule has 10 heteroatoms. The Bertz CT molecular complexity index is 1020. The lowest BCUT2D eigenvalue weighted by molar-refractivity contribution is 0.248. The lowest BCUT2D eigenvalue weighted by Crippen LogP contribution is -2.30. The number of nitrogens with zero attached hydrogens (tertiary/aromatic N) is 2. The number of benzene rings is 2. The number of nitrogens with one attached hydrogen (secondary N) is 3. The maximum atomic E-state index is 13.9. The quantitative estimate of drug-likeness (QED) is 0.236. The van der Waals surface area contributed by atoms with Crippen molar-refractivity contribution in [2.75, 3.05) is 22.8 Å². The van der Waals surface area contributed by atoms with Crippen LogP contribution in [0.5, 0.6) is 0 Å². The molecule has 1 atom stereocenters. The molecule has 1 heterocycles. The summed E-state index contributed by atoms with van der Waals surface area (Å²) in [6.45, 7) is 3.63. The second-order valence-corrected chi connectivity index (χ2v) is 7.10. The van der Waals surface area contributed by atoms with E-state index in [-0.39, 0.29) is 36.4 Å². The first-order valence-electron chi connectivity index (χ1n) is 9.47. The zero-order valence-electron chi connectivity index (χ0n) is 16.8. The van der Waals surface area contributed by atoms with Crippen LogP contribution in [0.2, 0.25) is 0 Å². The van der Waals surface area contributed by atoms with Gasteiger partial charge in [0, 0.05) is 17.7 Å². The summed E-state index contributed by atoms with van der Waals surface area (Å²) < 4.78 is 54.7. The first-order valence-corrected chi connectivity index (χ1v) is 9.47. The normalized spacial score (nSPS) is 12.0. The van der Waals surface area contributed by atoms with Crippen molar-refractivity contribution >= 4 is 17.5 Å². The van der Waals surface area contributed by atoms with Crippen LogP contribution in [0.3, 0.4) is 0 Å². The topological polar surface area (TPSA) is 82.1 Å². The number of aromatic nitrogens is 2. The standard InChI is InChI=1S/C21H21F4N5O/c1-11(2)16(10-31)27-21-26-15(12-6-4-3-5-7-12)9-17(28-21)29-30-20-18(24)13(22)8-14(23)19(20)25/h3-9,11,16,30-31H,10H2,1-2H3,(H2,26,27,28,29)/t16-/m0/s1. The predicted molar refractivity (Wildman–Crippen MR) is 110 cm³/mol. The highest BCUT2D eigenvalue weighted by Gasteiger charge is 2.20. The highest BCUT2D eigenvalue weighted by atomic mass is 19.2. The fourth-order valence-corrected chi connectivity index (χ4v) is 2.73. The summed E-state index contributed by atoms with van der Waals surface area (Å²) in [5, 5.41) is 12.6. The van der Waals surface area contributed by atoms with Gasteiger partial charge < -0.3 is 10.4 Å². The van der Waals surface area contributed by atoms with Gasteiger partial charge in [0.1, 0.15) is 5.69 Å². The molecule has 31 heavy (non-hydrogen) atoms. The number of hydrogen-bond acceptors (Lipinski definition) is 6. The number of halogens is 4. The van der Waals surface area contributed by atoms with Crippen LogP contribution in [0.4, 0.5) is 35.0 Å². The summed E-state index contributed by atoms with van der Waals surface area (Å²) in [6.07, 6.45) is 0. The molecule has 1 aromatic heterocycles. The van der Waals surface area contributed by atoms with Gasteiger partial charge in [-0.25, -0.2) is 22.5 Å². The zero-order chi connectivity index (χ0) is 22.5. The van der Waals surface area contributed by atoms with Gasteiger partial charge in [-0.1, -0.05) is 44.2 Å². The second kappa shape index (κ2) is 9.61. The molecule has 0 fully saturated rings. The van der Waals surface area contributed by atoms with Crippen LogP contribution in [0.25, 0.3) is 11.3 Å². The van der Waals surface area contributed by atoms with Crippen LogP contribution >= 0.6 is 0 Å². The van der Waals surface area contributed by atoms with E-state index in [9.17, 15) is 22.7 Å². The molecular weight excluding hydrogens is 414 g/mol. The summed E-state index contributed by atoms with van der Waals surface area (Å²) in [6, 6.07) is 10.3. The molecule has 4 N–H and O–H groups in total. The molecule has 0 saturated carbocycles. The third-order valence-electron chi connectivity index (χ3n) is 4.54. The van der Waals surface area contributed by atoms with Gasteiger partial charge in [-0.3, -0.25) is 10.9 Å². The first kappa shape index (κ1) is 22.3. The fraction of sp³-hybridized carbons (Fsp3) is 0.238. The van der Waals surface area contributed by atoms with Gasteiger partial charge in [0.25, 0.3) is 0 Å². The molecule has 0 saturated heterocycles. The Labute approximate surface area is 176 Å². The SMILES string of the molecule is CC(C)[C@H](CO)Nc1nc(NNc2c(F)c(F)cc(F)c2F)cc(-c2ccccc2)n1. The Morgan fingerprint density at radius 2 is 1.55 bits per heavy atom. The van der Waals surface area contributed by atoms with E-state index in [1.54, 1.807) is 24.3 Å². The lowest BCUT2D eigenvalue weighted by atomic mass is 10.1.